The number of amidine groups is 1. The van der Waals surface area contributed by atoms with Gasteiger partial charge in [0.1, 0.15) is 17.7 Å². The van der Waals surface area contributed by atoms with Crippen LogP contribution in [0.1, 0.15) is 5.56 Å². The van der Waals surface area contributed by atoms with Crippen LogP contribution < -0.4 is 30.5 Å². The molecule has 2 aliphatic rings. The second-order valence-electron chi connectivity index (χ2n) is 7.40. The maximum absolute atomic E-state index is 13.3. The number of hydrogen-bond acceptors (Lipinski definition) is 8. The summed E-state index contributed by atoms with van der Waals surface area (Å²) in [4.78, 5) is 32.0. The molecule has 0 aromatic heterocycles. The number of fused-ring (bicyclic) bond motifs is 1. The van der Waals surface area contributed by atoms with Crippen molar-refractivity contribution < 1.29 is 19.1 Å². The van der Waals surface area contributed by atoms with Gasteiger partial charge in [-0.2, -0.15) is 0 Å². The highest BCUT2D eigenvalue weighted by Gasteiger charge is 2.42. The molecule has 2 amide bonds. The summed E-state index contributed by atoms with van der Waals surface area (Å²) in [5.74, 6) is 0.694. The zero-order valence-electron chi connectivity index (χ0n) is 18.1. The average molecular weight is 490 g/mol. The van der Waals surface area contributed by atoms with E-state index < -0.39 is 0 Å². The number of thioether (sulfide) groups is 1. The van der Waals surface area contributed by atoms with E-state index in [4.69, 9.17) is 21.1 Å². The molecule has 1 fully saturated rings. The fourth-order valence-corrected chi connectivity index (χ4v) is 4.69. The third-order valence-electron chi connectivity index (χ3n) is 5.28. The Morgan fingerprint density at radius 2 is 2.12 bits per heavy atom. The largest absolute Gasteiger partial charge is 0.497 e. The van der Waals surface area contributed by atoms with Gasteiger partial charge in [0.15, 0.2) is 5.17 Å². The van der Waals surface area contributed by atoms with E-state index in [9.17, 15) is 9.59 Å². The van der Waals surface area contributed by atoms with Gasteiger partial charge >= 0.3 is 0 Å². The summed E-state index contributed by atoms with van der Waals surface area (Å²) in [6.45, 7) is 0.836. The first-order valence-corrected chi connectivity index (χ1v) is 11.6. The average Bonchev–Trinajstić information content (AvgIpc) is 3.30. The van der Waals surface area contributed by atoms with Crippen LogP contribution >= 0.6 is 23.4 Å². The van der Waals surface area contributed by atoms with Crippen molar-refractivity contribution in [2.24, 2.45) is 10.9 Å². The number of nitrogens with zero attached hydrogens (tertiary/aromatic N) is 2. The first-order valence-electron chi connectivity index (χ1n) is 10.3. The van der Waals surface area contributed by atoms with Gasteiger partial charge in [0.05, 0.1) is 36.6 Å². The van der Waals surface area contributed by atoms with Crippen LogP contribution in [-0.2, 0) is 16.1 Å². The summed E-state index contributed by atoms with van der Waals surface area (Å²) in [7, 11) is 3.13. The Morgan fingerprint density at radius 1 is 1.27 bits per heavy atom. The Morgan fingerprint density at radius 3 is 2.88 bits per heavy atom. The van der Waals surface area contributed by atoms with Crippen LogP contribution in [0.25, 0.3) is 0 Å². The van der Waals surface area contributed by atoms with Crippen LogP contribution in [0.2, 0.25) is 5.02 Å². The van der Waals surface area contributed by atoms with Gasteiger partial charge in [-0.1, -0.05) is 35.5 Å². The molecule has 0 saturated carbocycles. The number of amides is 2. The Labute approximate surface area is 200 Å². The second-order valence-corrected chi connectivity index (χ2v) is 8.75. The molecule has 0 bridgehead atoms. The van der Waals surface area contributed by atoms with Crippen molar-refractivity contribution in [3.63, 3.8) is 0 Å². The monoisotopic (exact) mass is 489 g/mol. The molecule has 2 unspecified atom stereocenters. The summed E-state index contributed by atoms with van der Waals surface area (Å²) < 4.78 is 10.4. The molecule has 2 aromatic carbocycles. The smallest absolute Gasteiger partial charge is 0.241 e. The predicted molar refractivity (Wildman–Crippen MR) is 129 cm³/mol. The first-order chi connectivity index (χ1) is 16.0. The van der Waals surface area contributed by atoms with Crippen LogP contribution in [0.4, 0.5) is 5.69 Å². The molecule has 33 heavy (non-hydrogen) atoms. The normalized spacial score (nSPS) is 19.7. The number of rotatable bonds is 7. The lowest BCUT2D eigenvalue weighted by atomic mass is 10.0. The zero-order chi connectivity index (χ0) is 23.4. The summed E-state index contributed by atoms with van der Waals surface area (Å²) in [6, 6.07) is 12.6. The number of hydrazine groups is 1. The van der Waals surface area contributed by atoms with Crippen molar-refractivity contribution in [1.29, 1.82) is 0 Å². The van der Waals surface area contributed by atoms with Gasteiger partial charge in [0.25, 0.3) is 0 Å². The maximum atomic E-state index is 13.3. The van der Waals surface area contributed by atoms with Gasteiger partial charge in [0.2, 0.25) is 11.8 Å². The zero-order valence-corrected chi connectivity index (χ0v) is 19.7. The molecular weight excluding hydrogens is 466 g/mol. The summed E-state index contributed by atoms with van der Waals surface area (Å²) in [5, 5.41) is 3.70. The van der Waals surface area contributed by atoms with Gasteiger partial charge < -0.3 is 14.8 Å². The number of methoxy groups -OCH3 is 2. The molecule has 9 nitrogen and oxygen atoms in total. The second kappa shape index (κ2) is 10.4. The molecule has 4 rings (SSSR count). The molecular formula is C22H24ClN5O4S. The highest BCUT2D eigenvalue weighted by molar-refractivity contribution is 8.14. The van der Waals surface area contributed by atoms with E-state index in [-0.39, 0.29) is 29.7 Å². The van der Waals surface area contributed by atoms with Crippen molar-refractivity contribution in [3.8, 4) is 11.5 Å². The van der Waals surface area contributed by atoms with Crippen LogP contribution in [0.15, 0.2) is 47.5 Å². The van der Waals surface area contributed by atoms with Crippen molar-refractivity contribution in [2.45, 2.75) is 12.7 Å². The Hall–Kier alpha value is -2.79. The van der Waals surface area contributed by atoms with Gasteiger partial charge in [-0.15, -0.1) is 0 Å². The molecule has 3 N–H and O–H groups in total. The van der Waals surface area contributed by atoms with E-state index in [1.54, 1.807) is 25.3 Å². The van der Waals surface area contributed by atoms with Gasteiger partial charge in [-0.25, -0.2) is 10.4 Å². The number of anilines is 1. The number of benzene rings is 2. The van der Waals surface area contributed by atoms with Crippen molar-refractivity contribution >= 4 is 46.0 Å². The lowest BCUT2D eigenvalue weighted by Gasteiger charge is -2.32. The lowest BCUT2D eigenvalue weighted by molar-refractivity contribution is -0.121. The third kappa shape index (κ3) is 5.25. The van der Waals surface area contributed by atoms with Gasteiger partial charge in [-0.05, 0) is 35.9 Å². The highest BCUT2D eigenvalue weighted by atomic mass is 35.5. The number of ether oxygens (including phenoxy) is 2. The van der Waals surface area contributed by atoms with Crippen molar-refractivity contribution in [2.75, 3.05) is 31.4 Å². The van der Waals surface area contributed by atoms with Crippen LogP contribution in [0, 0.1) is 5.92 Å². The van der Waals surface area contributed by atoms with Crippen LogP contribution in [0.5, 0.6) is 11.5 Å². The van der Waals surface area contributed by atoms with Crippen LogP contribution in [0.3, 0.4) is 0 Å². The summed E-state index contributed by atoms with van der Waals surface area (Å²) in [5.41, 5.74) is 7.48. The van der Waals surface area contributed by atoms with Crippen molar-refractivity contribution in [3.05, 3.63) is 53.1 Å². The highest BCUT2D eigenvalue weighted by Crippen LogP contribution is 2.34. The van der Waals surface area contributed by atoms with E-state index in [1.165, 1.54) is 23.8 Å². The molecule has 2 heterocycles. The molecule has 0 radical (unpaired) electrons. The minimum absolute atomic E-state index is 0.0985. The maximum Gasteiger partial charge on any atom is 0.241 e. The van der Waals surface area contributed by atoms with E-state index in [2.05, 4.69) is 21.2 Å². The third-order valence-corrected chi connectivity index (χ3v) is 6.53. The summed E-state index contributed by atoms with van der Waals surface area (Å²) in [6.07, 6.45) is -0.384. The lowest BCUT2D eigenvalue weighted by Crippen LogP contribution is -2.49. The molecule has 2 aromatic rings. The summed E-state index contributed by atoms with van der Waals surface area (Å²) >= 11 is 7.49. The van der Waals surface area contributed by atoms with Crippen LogP contribution in [-0.4, -0.2) is 49.7 Å². The fraction of sp³-hybridized carbons (Fsp3) is 0.318. The number of hydrogen-bond donors (Lipinski definition) is 3. The number of halogens is 1. The molecule has 11 heteroatoms. The van der Waals surface area contributed by atoms with Gasteiger partial charge in [0, 0.05) is 13.1 Å². The minimum Gasteiger partial charge on any atom is -0.497 e. The fourth-order valence-electron chi connectivity index (χ4n) is 3.57. The first kappa shape index (κ1) is 23.4. The standard InChI is InChI=1S/C22H24ClN5O4S/c1-31-15-5-3-4-13(8-15)10-24-19(29)12-33-22-26-20-16(11-25-27-20)21(30)28(22)14-6-7-18(32-2)17(23)9-14/h3-9,16,20,25,27H,10-12H2,1-2H3,(H,24,29). The van der Waals surface area contributed by atoms with E-state index >= 15 is 0 Å². The van der Waals surface area contributed by atoms with Crippen molar-refractivity contribution in [1.82, 2.24) is 16.2 Å². The Balaban J connectivity index is 1.47. The number of aliphatic imine (C=N–C) groups is 1. The quantitative estimate of drug-likeness (QED) is 0.547. The van der Waals surface area contributed by atoms with Gasteiger partial charge in [-0.3, -0.25) is 19.9 Å². The van der Waals surface area contributed by atoms with E-state index in [0.717, 1.165) is 11.3 Å². The number of nitrogens with one attached hydrogen (secondary N) is 3. The predicted octanol–water partition coefficient (Wildman–Crippen LogP) is 2.16. The Bertz CT molecular complexity index is 1080. The molecule has 0 aliphatic carbocycles. The Kier molecular flexibility index (Phi) is 7.39. The molecule has 2 aliphatic heterocycles. The van der Waals surface area contributed by atoms with E-state index in [0.29, 0.717) is 34.7 Å². The number of carbonyl (C=O) groups excluding carboxylic acids is 2. The number of carbonyl (C=O) groups is 2. The van der Waals surface area contributed by atoms with E-state index in [1.807, 2.05) is 24.3 Å². The molecule has 174 valence electrons. The molecule has 0 spiro atoms. The minimum atomic E-state index is -0.384. The topological polar surface area (TPSA) is 104 Å². The molecule has 1 saturated heterocycles. The SMILES string of the molecule is COc1cccc(CNC(=O)CSC2=NC3NNCC3C(=O)N2c2ccc(OC)c(Cl)c2)c1. The molecule has 2 atom stereocenters.